The molecular weight excluding hydrogens is 242 g/mol. The minimum absolute atomic E-state index is 0.272. The molecule has 1 rings (SSSR count). The van der Waals surface area contributed by atoms with Crippen molar-refractivity contribution in [1.29, 1.82) is 0 Å². The summed E-state index contributed by atoms with van der Waals surface area (Å²) < 4.78 is 0. The van der Waals surface area contributed by atoms with E-state index in [2.05, 4.69) is 10.3 Å². The van der Waals surface area contributed by atoms with Crippen molar-refractivity contribution in [2.24, 2.45) is 5.73 Å². The van der Waals surface area contributed by atoms with Crippen LogP contribution < -0.4 is 11.1 Å². The lowest BCUT2D eigenvalue weighted by Crippen LogP contribution is -2.25. The second kappa shape index (κ2) is 6.85. The van der Waals surface area contributed by atoms with Crippen molar-refractivity contribution in [3.63, 3.8) is 0 Å². The quantitative estimate of drug-likeness (QED) is 0.590. The molecule has 0 aliphatic rings. The fraction of sp³-hybridized carbons (Fsp3) is 0.364. The van der Waals surface area contributed by atoms with Gasteiger partial charge in [0.05, 0.1) is 0 Å². The van der Waals surface area contributed by atoms with Crippen LogP contribution in [0.15, 0.2) is 18.2 Å². The number of rotatable bonds is 6. The SMILES string of the molecule is NC(=O)CCCCNC(=O)c1cccc(Cl)n1. The second-order valence-corrected chi connectivity index (χ2v) is 3.91. The number of nitrogens with zero attached hydrogens (tertiary/aromatic N) is 1. The van der Waals surface area contributed by atoms with Gasteiger partial charge in [-0.15, -0.1) is 0 Å². The summed E-state index contributed by atoms with van der Waals surface area (Å²) in [5.41, 5.74) is 5.28. The van der Waals surface area contributed by atoms with Crippen molar-refractivity contribution in [3.05, 3.63) is 29.0 Å². The summed E-state index contributed by atoms with van der Waals surface area (Å²) in [4.78, 5) is 25.9. The van der Waals surface area contributed by atoms with Crippen molar-refractivity contribution in [2.75, 3.05) is 6.54 Å². The van der Waals surface area contributed by atoms with E-state index in [0.717, 1.165) is 0 Å². The van der Waals surface area contributed by atoms with Gasteiger partial charge in [0.1, 0.15) is 10.8 Å². The van der Waals surface area contributed by atoms with Crippen LogP contribution in [-0.2, 0) is 4.79 Å². The predicted octanol–water partition coefficient (Wildman–Crippen LogP) is 1.12. The molecule has 17 heavy (non-hydrogen) atoms. The van der Waals surface area contributed by atoms with E-state index in [1.54, 1.807) is 18.2 Å². The summed E-state index contributed by atoms with van der Waals surface area (Å²) in [7, 11) is 0. The molecule has 0 saturated heterocycles. The van der Waals surface area contributed by atoms with Crippen molar-refractivity contribution < 1.29 is 9.59 Å². The maximum absolute atomic E-state index is 11.6. The highest BCUT2D eigenvalue weighted by atomic mass is 35.5. The monoisotopic (exact) mass is 255 g/mol. The maximum atomic E-state index is 11.6. The van der Waals surface area contributed by atoms with Crippen LogP contribution in [0.5, 0.6) is 0 Å². The fourth-order valence-electron chi connectivity index (χ4n) is 1.25. The fourth-order valence-corrected chi connectivity index (χ4v) is 1.42. The van der Waals surface area contributed by atoms with E-state index < -0.39 is 0 Å². The number of hydrogen-bond acceptors (Lipinski definition) is 3. The number of carbonyl (C=O) groups is 2. The van der Waals surface area contributed by atoms with Crippen molar-refractivity contribution in [2.45, 2.75) is 19.3 Å². The molecule has 92 valence electrons. The second-order valence-electron chi connectivity index (χ2n) is 3.52. The standard InChI is InChI=1S/C11H14ClN3O2/c12-9-5-3-4-8(15-9)11(17)14-7-2-1-6-10(13)16/h3-5H,1-2,6-7H2,(H2,13,16)(H,14,17). The zero-order valence-corrected chi connectivity index (χ0v) is 10.0. The largest absolute Gasteiger partial charge is 0.370 e. The highest BCUT2D eigenvalue weighted by Crippen LogP contribution is 2.04. The van der Waals surface area contributed by atoms with Gasteiger partial charge < -0.3 is 11.1 Å². The maximum Gasteiger partial charge on any atom is 0.269 e. The van der Waals surface area contributed by atoms with Gasteiger partial charge in [0.2, 0.25) is 5.91 Å². The number of primary amides is 1. The molecule has 6 heteroatoms. The van der Waals surface area contributed by atoms with E-state index in [9.17, 15) is 9.59 Å². The van der Waals surface area contributed by atoms with Crippen LogP contribution >= 0.6 is 11.6 Å². The third-order valence-corrected chi connectivity index (χ3v) is 2.29. The Morgan fingerprint density at radius 3 is 2.76 bits per heavy atom. The van der Waals surface area contributed by atoms with Gasteiger partial charge in [0.25, 0.3) is 5.91 Å². The Hall–Kier alpha value is -1.62. The summed E-state index contributed by atoms with van der Waals surface area (Å²) in [6.07, 6.45) is 1.71. The van der Waals surface area contributed by atoms with Crippen LogP contribution in [0.2, 0.25) is 5.15 Å². The first-order chi connectivity index (χ1) is 8.09. The zero-order valence-electron chi connectivity index (χ0n) is 9.28. The number of hydrogen-bond donors (Lipinski definition) is 2. The van der Waals surface area contributed by atoms with Gasteiger partial charge >= 0.3 is 0 Å². The Morgan fingerprint density at radius 1 is 1.35 bits per heavy atom. The first-order valence-electron chi connectivity index (χ1n) is 5.28. The molecule has 0 spiro atoms. The summed E-state index contributed by atoms with van der Waals surface area (Å²) in [6, 6.07) is 4.85. The average molecular weight is 256 g/mol. The molecule has 3 N–H and O–H groups in total. The van der Waals surface area contributed by atoms with Crippen LogP contribution in [0.25, 0.3) is 0 Å². The van der Waals surface area contributed by atoms with Crippen LogP contribution in [0.3, 0.4) is 0 Å². The molecule has 1 aromatic rings. The molecule has 0 bridgehead atoms. The Kier molecular flexibility index (Phi) is 5.42. The van der Waals surface area contributed by atoms with Crippen molar-refractivity contribution in [3.8, 4) is 0 Å². The third kappa shape index (κ3) is 5.31. The lowest BCUT2D eigenvalue weighted by molar-refractivity contribution is -0.118. The minimum atomic E-state index is -0.326. The number of unbranched alkanes of at least 4 members (excludes halogenated alkanes) is 1. The lowest BCUT2D eigenvalue weighted by Gasteiger charge is -2.04. The number of halogens is 1. The van der Waals surface area contributed by atoms with Crippen molar-refractivity contribution in [1.82, 2.24) is 10.3 Å². The highest BCUT2D eigenvalue weighted by molar-refractivity contribution is 6.29. The highest BCUT2D eigenvalue weighted by Gasteiger charge is 2.06. The number of aromatic nitrogens is 1. The molecule has 0 aliphatic heterocycles. The van der Waals surface area contributed by atoms with E-state index in [1.165, 1.54) is 0 Å². The number of nitrogens with one attached hydrogen (secondary N) is 1. The molecule has 1 heterocycles. The van der Waals surface area contributed by atoms with Crippen molar-refractivity contribution >= 4 is 23.4 Å². The predicted molar refractivity (Wildman–Crippen MR) is 64.6 cm³/mol. The molecule has 2 amide bonds. The van der Waals surface area contributed by atoms with E-state index in [0.29, 0.717) is 25.8 Å². The topological polar surface area (TPSA) is 85.1 Å². The normalized spacial score (nSPS) is 9.94. The molecule has 0 aliphatic carbocycles. The van der Waals surface area contributed by atoms with Gasteiger partial charge in [-0.25, -0.2) is 4.98 Å². The Morgan fingerprint density at radius 2 is 2.12 bits per heavy atom. The molecule has 0 radical (unpaired) electrons. The summed E-state index contributed by atoms with van der Waals surface area (Å²) in [6.45, 7) is 0.486. The molecule has 0 fully saturated rings. The molecule has 0 atom stereocenters. The first-order valence-corrected chi connectivity index (χ1v) is 5.66. The minimum Gasteiger partial charge on any atom is -0.370 e. The van der Waals surface area contributed by atoms with Crippen LogP contribution in [-0.4, -0.2) is 23.3 Å². The smallest absolute Gasteiger partial charge is 0.269 e. The molecule has 1 aromatic heterocycles. The lowest BCUT2D eigenvalue weighted by atomic mass is 10.2. The van der Waals surface area contributed by atoms with Crippen LogP contribution in [0.4, 0.5) is 0 Å². The van der Waals surface area contributed by atoms with E-state index >= 15 is 0 Å². The summed E-state index contributed by atoms with van der Waals surface area (Å²) in [5.74, 6) is -0.598. The van der Waals surface area contributed by atoms with E-state index in [1.807, 2.05) is 0 Å². The number of carbonyl (C=O) groups excluding carboxylic acids is 2. The summed E-state index contributed by atoms with van der Waals surface area (Å²) >= 11 is 5.67. The van der Waals surface area contributed by atoms with Gasteiger partial charge in [-0.3, -0.25) is 9.59 Å². The van der Waals surface area contributed by atoms with Crippen LogP contribution in [0.1, 0.15) is 29.8 Å². The Bertz CT molecular complexity index is 409. The molecule has 0 aromatic carbocycles. The van der Waals surface area contributed by atoms with Gasteiger partial charge in [0, 0.05) is 13.0 Å². The molecular formula is C11H14ClN3O2. The molecule has 0 unspecified atom stereocenters. The van der Waals surface area contributed by atoms with Crippen LogP contribution in [0, 0.1) is 0 Å². The van der Waals surface area contributed by atoms with E-state index in [4.69, 9.17) is 17.3 Å². The van der Waals surface area contributed by atoms with Gasteiger partial charge in [-0.05, 0) is 25.0 Å². The average Bonchev–Trinajstić information content (AvgIpc) is 2.28. The number of pyridine rings is 1. The Labute approximate surface area is 104 Å². The first kappa shape index (κ1) is 13.4. The van der Waals surface area contributed by atoms with Gasteiger partial charge in [0.15, 0.2) is 0 Å². The molecule has 0 saturated carbocycles. The van der Waals surface area contributed by atoms with Gasteiger partial charge in [-0.2, -0.15) is 0 Å². The number of nitrogens with two attached hydrogens (primary N) is 1. The Balaban J connectivity index is 2.28. The van der Waals surface area contributed by atoms with E-state index in [-0.39, 0.29) is 22.7 Å². The molecule has 5 nitrogen and oxygen atoms in total. The number of amides is 2. The third-order valence-electron chi connectivity index (χ3n) is 2.08. The van der Waals surface area contributed by atoms with Gasteiger partial charge in [-0.1, -0.05) is 17.7 Å². The summed E-state index contributed by atoms with van der Waals surface area (Å²) in [5, 5.41) is 2.97. The zero-order chi connectivity index (χ0) is 12.7.